The fraction of sp³-hybridized carbons (Fsp3) is 0.385. The Morgan fingerprint density at radius 2 is 1.94 bits per heavy atom. The minimum Gasteiger partial charge on any atom is -0.491 e. The molecular formula is C13H16O3S. The summed E-state index contributed by atoms with van der Waals surface area (Å²) in [5.41, 5.74) is 0.643. The van der Waals surface area contributed by atoms with Crippen molar-refractivity contribution < 1.29 is 13.2 Å². The summed E-state index contributed by atoms with van der Waals surface area (Å²) in [4.78, 5) is 0. The van der Waals surface area contributed by atoms with Gasteiger partial charge in [0.2, 0.25) is 9.84 Å². The minimum atomic E-state index is -3.38. The smallest absolute Gasteiger partial charge is 0.221 e. The fourth-order valence-electron chi connectivity index (χ4n) is 1.39. The molecule has 4 heteroatoms. The van der Waals surface area contributed by atoms with Crippen LogP contribution in [0.25, 0.3) is 0 Å². The van der Waals surface area contributed by atoms with Crippen LogP contribution in [0.4, 0.5) is 0 Å². The second-order valence-corrected chi connectivity index (χ2v) is 5.61. The summed E-state index contributed by atoms with van der Waals surface area (Å²) in [6, 6.07) is 7.12. The maximum absolute atomic E-state index is 11.6. The Balaban J connectivity index is 3.01. The van der Waals surface area contributed by atoms with Gasteiger partial charge in [0.15, 0.2) is 0 Å². The Morgan fingerprint density at radius 3 is 2.53 bits per heavy atom. The highest BCUT2D eigenvalue weighted by atomic mass is 32.2. The number of ether oxygens (including phenoxy) is 1. The molecule has 0 atom stereocenters. The topological polar surface area (TPSA) is 43.4 Å². The summed E-state index contributed by atoms with van der Waals surface area (Å²) in [5, 5.41) is 2.22. The van der Waals surface area contributed by atoms with Gasteiger partial charge in [0.1, 0.15) is 5.75 Å². The van der Waals surface area contributed by atoms with Crippen molar-refractivity contribution in [3.05, 3.63) is 29.8 Å². The highest BCUT2D eigenvalue weighted by molar-refractivity contribution is 7.95. The number of benzene rings is 1. The Bertz CT molecular complexity index is 533. The molecule has 0 aromatic heterocycles. The lowest BCUT2D eigenvalue weighted by Crippen LogP contribution is -2.09. The molecule has 0 unspecified atom stereocenters. The van der Waals surface area contributed by atoms with E-state index in [4.69, 9.17) is 4.74 Å². The van der Waals surface area contributed by atoms with Crippen LogP contribution in [0.1, 0.15) is 26.3 Å². The zero-order valence-electron chi connectivity index (χ0n) is 10.2. The van der Waals surface area contributed by atoms with Crippen molar-refractivity contribution >= 4 is 9.84 Å². The first-order chi connectivity index (χ1) is 7.94. The summed E-state index contributed by atoms with van der Waals surface area (Å²) in [6.45, 7) is 5.31. The summed E-state index contributed by atoms with van der Waals surface area (Å²) in [6.07, 6.45) is 0.0103. The quantitative estimate of drug-likeness (QED) is 0.610. The molecule has 0 saturated heterocycles. The van der Waals surface area contributed by atoms with E-state index in [2.05, 4.69) is 11.2 Å². The maximum atomic E-state index is 11.6. The largest absolute Gasteiger partial charge is 0.491 e. The fourth-order valence-corrected chi connectivity index (χ4v) is 2.42. The number of para-hydroxylation sites is 1. The molecule has 0 radical (unpaired) electrons. The molecule has 0 amide bonds. The van der Waals surface area contributed by atoms with Crippen molar-refractivity contribution in [2.75, 3.05) is 0 Å². The third-order valence-corrected chi connectivity index (χ3v) is 3.14. The Hall–Kier alpha value is -1.47. The lowest BCUT2D eigenvalue weighted by molar-refractivity contribution is 0.240. The van der Waals surface area contributed by atoms with Crippen molar-refractivity contribution in [3.63, 3.8) is 0 Å². The lowest BCUT2D eigenvalue weighted by Gasteiger charge is -2.13. The average molecular weight is 252 g/mol. The molecule has 0 N–H and O–H groups in total. The van der Waals surface area contributed by atoms with E-state index >= 15 is 0 Å². The molecule has 17 heavy (non-hydrogen) atoms. The van der Waals surface area contributed by atoms with Crippen LogP contribution in [0.3, 0.4) is 0 Å². The van der Waals surface area contributed by atoms with E-state index in [0.29, 0.717) is 11.3 Å². The number of sulfone groups is 1. The van der Waals surface area contributed by atoms with Gasteiger partial charge in [-0.25, -0.2) is 8.42 Å². The number of rotatable bonds is 4. The predicted octanol–water partition coefficient (Wildman–Crippen LogP) is 2.37. The molecule has 3 nitrogen and oxygen atoms in total. The van der Waals surface area contributed by atoms with Gasteiger partial charge in [-0.05, 0) is 26.8 Å². The van der Waals surface area contributed by atoms with Gasteiger partial charge in [0.25, 0.3) is 0 Å². The Morgan fingerprint density at radius 1 is 1.29 bits per heavy atom. The third-order valence-electron chi connectivity index (χ3n) is 1.94. The van der Waals surface area contributed by atoms with E-state index in [0.717, 1.165) is 0 Å². The van der Waals surface area contributed by atoms with Crippen LogP contribution in [-0.4, -0.2) is 14.5 Å². The van der Waals surface area contributed by atoms with Crippen LogP contribution in [0.5, 0.6) is 5.75 Å². The molecule has 1 aromatic carbocycles. The monoisotopic (exact) mass is 252 g/mol. The van der Waals surface area contributed by atoms with Crippen LogP contribution in [0.2, 0.25) is 0 Å². The molecule has 0 aliphatic carbocycles. The number of hydrogen-bond acceptors (Lipinski definition) is 3. The molecule has 1 rings (SSSR count). The highest BCUT2D eigenvalue weighted by Gasteiger charge is 2.13. The molecule has 0 spiro atoms. The maximum Gasteiger partial charge on any atom is 0.221 e. The van der Waals surface area contributed by atoms with Crippen molar-refractivity contribution in [3.8, 4) is 16.9 Å². The SMILES string of the molecule is CC#CS(=O)(=O)Cc1ccccc1OC(C)C. The van der Waals surface area contributed by atoms with Gasteiger partial charge in [0, 0.05) is 10.8 Å². The second-order valence-electron chi connectivity index (χ2n) is 3.89. The highest BCUT2D eigenvalue weighted by Crippen LogP contribution is 2.21. The molecule has 0 bridgehead atoms. The molecule has 0 fully saturated rings. The molecule has 0 aliphatic rings. The van der Waals surface area contributed by atoms with Gasteiger partial charge in [-0.3, -0.25) is 0 Å². The van der Waals surface area contributed by atoms with Crippen molar-refractivity contribution in [2.24, 2.45) is 0 Å². The van der Waals surface area contributed by atoms with E-state index in [1.807, 2.05) is 19.9 Å². The second kappa shape index (κ2) is 5.74. The van der Waals surface area contributed by atoms with E-state index < -0.39 is 9.84 Å². The molecule has 0 heterocycles. The zero-order chi connectivity index (χ0) is 12.9. The number of hydrogen-bond donors (Lipinski definition) is 0. The van der Waals surface area contributed by atoms with Gasteiger partial charge >= 0.3 is 0 Å². The van der Waals surface area contributed by atoms with Crippen LogP contribution in [-0.2, 0) is 15.6 Å². The van der Waals surface area contributed by atoms with Gasteiger partial charge in [-0.15, -0.1) is 0 Å². The van der Waals surface area contributed by atoms with Crippen LogP contribution >= 0.6 is 0 Å². The normalized spacial score (nSPS) is 10.8. The Labute approximate surface area is 103 Å². The summed E-state index contributed by atoms with van der Waals surface area (Å²) < 4.78 is 28.8. The third kappa shape index (κ3) is 4.49. The molecular weight excluding hydrogens is 236 g/mol. The van der Waals surface area contributed by atoms with Crippen LogP contribution in [0, 0.1) is 11.2 Å². The molecule has 1 aromatic rings. The zero-order valence-corrected chi connectivity index (χ0v) is 11.0. The van der Waals surface area contributed by atoms with E-state index in [1.54, 1.807) is 18.2 Å². The van der Waals surface area contributed by atoms with Crippen LogP contribution < -0.4 is 4.74 Å². The summed E-state index contributed by atoms with van der Waals surface area (Å²) in [7, 11) is -3.38. The standard InChI is InChI=1S/C13H16O3S/c1-4-9-17(14,15)10-12-7-5-6-8-13(12)16-11(2)3/h5-8,11H,10H2,1-3H3. The lowest BCUT2D eigenvalue weighted by atomic mass is 10.2. The van der Waals surface area contributed by atoms with E-state index in [9.17, 15) is 8.42 Å². The van der Waals surface area contributed by atoms with Crippen molar-refractivity contribution in [1.29, 1.82) is 0 Å². The molecule has 0 saturated carbocycles. The van der Waals surface area contributed by atoms with Gasteiger partial charge < -0.3 is 4.74 Å². The van der Waals surface area contributed by atoms with E-state index in [1.165, 1.54) is 6.92 Å². The van der Waals surface area contributed by atoms with Crippen molar-refractivity contribution in [2.45, 2.75) is 32.6 Å². The minimum absolute atomic E-state index is 0.0103. The Kier molecular flexibility index (Phi) is 4.59. The summed E-state index contributed by atoms with van der Waals surface area (Å²) >= 11 is 0. The van der Waals surface area contributed by atoms with Gasteiger partial charge in [-0.1, -0.05) is 24.1 Å². The first-order valence-corrected chi connectivity index (χ1v) is 7.00. The van der Waals surface area contributed by atoms with Gasteiger partial charge in [-0.2, -0.15) is 0 Å². The average Bonchev–Trinajstić information content (AvgIpc) is 2.19. The van der Waals surface area contributed by atoms with Crippen LogP contribution in [0.15, 0.2) is 24.3 Å². The van der Waals surface area contributed by atoms with Gasteiger partial charge in [0.05, 0.1) is 11.9 Å². The summed E-state index contributed by atoms with van der Waals surface area (Å²) in [5.74, 6) is 2.90. The predicted molar refractivity (Wildman–Crippen MR) is 68.3 cm³/mol. The molecule has 0 aliphatic heterocycles. The first kappa shape index (κ1) is 13.6. The van der Waals surface area contributed by atoms with Crippen molar-refractivity contribution in [1.82, 2.24) is 0 Å². The van der Waals surface area contributed by atoms with E-state index in [-0.39, 0.29) is 11.9 Å². The first-order valence-electron chi connectivity index (χ1n) is 5.35. The molecule has 92 valence electrons.